The fourth-order valence-electron chi connectivity index (χ4n) is 1.72. The van der Waals surface area contributed by atoms with Crippen molar-refractivity contribution in [3.63, 3.8) is 0 Å². The molecule has 4 nitrogen and oxygen atoms in total. The summed E-state index contributed by atoms with van der Waals surface area (Å²) < 4.78 is 2.13. The molecular weight excluding hydrogens is 222 g/mol. The van der Waals surface area contributed by atoms with E-state index < -0.39 is 0 Å². The number of imidazole rings is 1. The molecule has 1 atom stereocenters. The van der Waals surface area contributed by atoms with Crippen molar-refractivity contribution in [2.45, 2.75) is 33.4 Å². The Labute approximate surface area is 98.9 Å². The Kier molecular flexibility index (Phi) is 3.28. The lowest BCUT2D eigenvalue weighted by Crippen LogP contribution is -2.24. The first kappa shape index (κ1) is 11.6. The third-order valence-corrected chi connectivity index (χ3v) is 3.37. The summed E-state index contributed by atoms with van der Waals surface area (Å²) in [6.45, 7) is 7.24. The van der Waals surface area contributed by atoms with E-state index in [9.17, 15) is 5.11 Å². The Morgan fingerprint density at radius 1 is 1.56 bits per heavy atom. The zero-order chi connectivity index (χ0) is 11.7. The van der Waals surface area contributed by atoms with Gasteiger partial charge in [-0.2, -0.15) is 0 Å². The highest BCUT2D eigenvalue weighted by atomic mass is 32.1. The van der Waals surface area contributed by atoms with E-state index in [1.807, 2.05) is 6.92 Å². The van der Waals surface area contributed by atoms with Crippen molar-refractivity contribution in [3.8, 4) is 0 Å². The molecule has 0 aliphatic rings. The summed E-state index contributed by atoms with van der Waals surface area (Å²) in [4.78, 5) is 6.82. The summed E-state index contributed by atoms with van der Waals surface area (Å²) in [7, 11) is 0. The van der Waals surface area contributed by atoms with Crippen molar-refractivity contribution < 1.29 is 5.11 Å². The largest absolute Gasteiger partial charge is 0.392 e. The standard InChI is InChI=1S/C11H17N3OS/c1-7(15)4-12-5-10-9(3)13-11-14(10)6-8(2)16-11/h6-7,12,15H,4-5H2,1-3H3/t7-/m1/s1. The van der Waals surface area contributed by atoms with Crippen LogP contribution in [0.4, 0.5) is 0 Å². The third-order valence-electron chi connectivity index (χ3n) is 2.47. The van der Waals surface area contributed by atoms with Gasteiger partial charge in [0.05, 0.1) is 17.5 Å². The van der Waals surface area contributed by atoms with Crippen LogP contribution in [0.2, 0.25) is 0 Å². The molecule has 0 spiro atoms. The van der Waals surface area contributed by atoms with E-state index >= 15 is 0 Å². The summed E-state index contributed by atoms with van der Waals surface area (Å²) >= 11 is 1.70. The first-order chi connectivity index (χ1) is 7.58. The number of hydrogen-bond donors (Lipinski definition) is 2. The molecule has 2 N–H and O–H groups in total. The highest BCUT2D eigenvalue weighted by Gasteiger charge is 2.10. The number of nitrogens with one attached hydrogen (secondary N) is 1. The first-order valence-corrected chi connectivity index (χ1v) is 6.22. The third kappa shape index (κ3) is 2.26. The predicted molar refractivity (Wildman–Crippen MR) is 65.9 cm³/mol. The second kappa shape index (κ2) is 4.53. The van der Waals surface area contributed by atoms with Crippen molar-refractivity contribution in [2.24, 2.45) is 0 Å². The molecule has 16 heavy (non-hydrogen) atoms. The molecule has 88 valence electrons. The fourth-order valence-corrected chi connectivity index (χ4v) is 2.61. The predicted octanol–water partition coefficient (Wildman–Crippen LogP) is 1.48. The second-order valence-electron chi connectivity index (χ2n) is 4.12. The summed E-state index contributed by atoms with van der Waals surface area (Å²) in [6.07, 6.45) is 1.80. The van der Waals surface area contributed by atoms with E-state index in [4.69, 9.17) is 0 Å². The van der Waals surface area contributed by atoms with Crippen LogP contribution < -0.4 is 5.32 Å². The number of rotatable bonds is 4. The summed E-state index contributed by atoms with van der Waals surface area (Å²) in [5.41, 5.74) is 2.24. The molecule has 0 saturated carbocycles. The molecule has 0 bridgehead atoms. The van der Waals surface area contributed by atoms with Gasteiger partial charge in [-0.05, 0) is 20.8 Å². The molecule has 0 aromatic carbocycles. The van der Waals surface area contributed by atoms with Crippen LogP contribution in [-0.2, 0) is 6.54 Å². The van der Waals surface area contributed by atoms with Crippen LogP contribution >= 0.6 is 11.3 Å². The number of hydrogen-bond acceptors (Lipinski definition) is 4. The molecule has 2 heterocycles. The minimum atomic E-state index is -0.312. The van der Waals surface area contributed by atoms with E-state index in [-0.39, 0.29) is 6.10 Å². The lowest BCUT2D eigenvalue weighted by Gasteiger charge is -2.06. The van der Waals surface area contributed by atoms with Crippen LogP contribution in [0.5, 0.6) is 0 Å². The van der Waals surface area contributed by atoms with Gasteiger partial charge in [0, 0.05) is 24.2 Å². The lowest BCUT2D eigenvalue weighted by molar-refractivity contribution is 0.190. The van der Waals surface area contributed by atoms with E-state index in [0.29, 0.717) is 6.54 Å². The quantitative estimate of drug-likeness (QED) is 0.849. The average molecular weight is 239 g/mol. The average Bonchev–Trinajstić information content (AvgIpc) is 2.64. The zero-order valence-electron chi connectivity index (χ0n) is 9.82. The number of thiazole rings is 1. The Morgan fingerprint density at radius 2 is 2.31 bits per heavy atom. The molecule has 0 saturated heterocycles. The van der Waals surface area contributed by atoms with Crippen LogP contribution in [0.25, 0.3) is 4.96 Å². The van der Waals surface area contributed by atoms with E-state index in [1.165, 1.54) is 10.6 Å². The fraction of sp³-hybridized carbons (Fsp3) is 0.545. The van der Waals surface area contributed by atoms with Gasteiger partial charge in [-0.1, -0.05) is 0 Å². The number of aliphatic hydroxyl groups excluding tert-OH is 1. The Bertz CT molecular complexity index is 487. The maximum Gasteiger partial charge on any atom is 0.194 e. The van der Waals surface area contributed by atoms with Crippen LogP contribution in [0.1, 0.15) is 23.2 Å². The van der Waals surface area contributed by atoms with Gasteiger partial charge >= 0.3 is 0 Å². The number of aromatic nitrogens is 2. The van der Waals surface area contributed by atoms with Gasteiger partial charge in [-0.15, -0.1) is 11.3 Å². The number of nitrogens with zero attached hydrogens (tertiary/aromatic N) is 2. The maximum atomic E-state index is 9.18. The Balaban J connectivity index is 2.18. The first-order valence-electron chi connectivity index (χ1n) is 5.40. The Hall–Kier alpha value is -0.910. The molecule has 0 aliphatic carbocycles. The SMILES string of the molecule is Cc1cn2c(CNC[C@@H](C)O)c(C)nc2s1. The molecule has 5 heteroatoms. The summed E-state index contributed by atoms with van der Waals surface area (Å²) in [5.74, 6) is 0. The highest BCUT2D eigenvalue weighted by Crippen LogP contribution is 2.20. The van der Waals surface area contributed by atoms with Gasteiger partial charge in [0.15, 0.2) is 4.96 Å². The van der Waals surface area contributed by atoms with E-state index in [0.717, 1.165) is 17.2 Å². The second-order valence-corrected chi connectivity index (χ2v) is 5.33. The smallest absolute Gasteiger partial charge is 0.194 e. The number of aryl methyl sites for hydroxylation is 2. The Morgan fingerprint density at radius 3 is 3.00 bits per heavy atom. The lowest BCUT2D eigenvalue weighted by atomic mass is 10.3. The van der Waals surface area contributed by atoms with Gasteiger partial charge < -0.3 is 10.4 Å². The molecule has 2 aromatic heterocycles. The maximum absolute atomic E-state index is 9.18. The van der Waals surface area contributed by atoms with E-state index in [2.05, 4.69) is 27.8 Å². The molecule has 0 radical (unpaired) electrons. The van der Waals surface area contributed by atoms with Crippen LogP contribution in [0.15, 0.2) is 6.20 Å². The number of aliphatic hydroxyl groups is 1. The van der Waals surface area contributed by atoms with E-state index in [1.54, 1.807) is 18.3 Å². The molecule has 0 aliphatic heterocycles. The molecular formula is C11H17N3OS. The topological polar surface area (TPSA) is 49.6 Å². The molecule has 2 rings (SSSR count). The monoisotopic (exact) mass is 239 g/mol. The summed E-state index contributed by atoms with van der Waals surface area (Å²) in [6, 6.07) is 0. The molecule has 2 aromatic rings. The highest BCUT2D eigenvalue weighted by molar-refractivity contribution is 7.17. The van der Waals surface area contributed by atoms with Gasteiger partial charge in [0.2, 0.25) is 0 Å². The molecule has 0 amide bonds. The minimum absolute atomic E-state index is 0.312. The van der Waals surface area contributed by atoms with Gasteiger partial charge in [-0.25, -0.2) is 4.98 Å². The normalized spacial score (nSPS) is 13.5. The van der Waals surface area contributed by atoms with Crippen LogP contribution in [0.3, 0.4) is 0 Å². The van der Waals surface area contributed by atoms with Crippen molar-refractivity contribution in [1.82, 2.24) is 14.7 Å². The van der Waals surface area contributed by atoms with Crippen molar-refractivity contribution in [3.05, 3.63) is 22.5 Å². The van der Waals surface area contributed by atoms with Crippen molar-refractivity contribution in [1.29, 1.82) is 0 Å². The van der Waals surface area contributed by atoms with Crippen molar-refractivity contribution in [2.75, 3.05) is 6.54 Å². The molecule has 0 unspecified atom stereocenters. The van der Waals surface area contributed by atoms with Gasteiger partial charge in [0.25, 0.3) is 0 Å². The van der Waals surface area contributed by atoms with Crippen LogP contribution in [-0.4, -0.2) is 27.1 Å². The minimum Gasteiger partial charge on any atom is -0.392 e. The van der Waals surface area contributed by atoms with Crippen LogP contribution in [0, 0.1) is 13.8 Å². The van der Waals surface area contributed by atoms with Crippen molar-refractivity contribution >= 4 is 16.3 Å². The molecule has 0 fully saturated rings. The number of fused-ring (bicyclic) bond motifs is 1. The summed E-state index contributed by atoms with van der Waals surface area (Å²) in [5, 5.41) is 12.4. The van der Waals surface area contributed by atoms with Gasteiger partial charge in [-0.3, -0.25) is 4.40 Å². The van der Waals surface area contributed by atoms with Gasteiger partial charge in [0.1, 0.15) is 0 Å². The zero-order valence-corrected chi connectivity index (χ0v) is 10.6.